The zero-order chi connectivity index (χ0) is 22.4. The van der Waals surface area contributed by atoms with Crippen molar-refractivity contribution in [2.24, 2.45) is 18.9 Å². The number of aromatic amines is 1. The molecule has 9 heteroatoms. The van der Waals surface area contributed by atoms with E-state index >= 15 is 0 Å². The second kappa shape index (κ2) is 10.8. The number of nitrogens with one attached hydrogen (secondary N) is 3. The lowest BCUT2D eigenvalue weighted by Crippen LogP contribution is -2.38. The van der Waals surface area contributed by atoms with Gasteiger partial charge < -0.3 is 4.74 Å². The maximum Gasteiger partial charge on any atom is 0.344 e. The lowest BCUT2D eigenvalue weighted by Gasteiger charge is -2.24. The molecule has 1 atom stereocenters. The molecule has 0 amide bonds. The van der Waals surface area contributed by atoms with Gasteiger partial charge in [0.25, 0.3) is 0 Å². The van der Waals surface area contributed by atoms with Gasteiger partial charge in [-0.2, -0.15) is 0 Å². The third-order valence-corrected chi connectivity index (χ3v) is 5.69. The third-order valence-electron chi connectivity index (χ3n) is 5.69. The van der Waals surface area contributed by atoms with Crippen molar-refractivity contribution < 1.29 is 9.13 Å². The molecule has 0 radical (unpaired) electrons. The van der Waals surface area contributed by atoms with Crippen molar-refractivity contribution in [2.45, 2.75) is 58.5 Å². The van der Waals surface area contributed by atoms with Crippen LogP contribution in [0.1, 0.15) is 57.6 Å². The number of hydrogen-bond donors (Lipinski definition) is 3. The van der Waals surface area contributed by atoms with Gasteiger partial charge in [0.05, 0.1) is 6.61 Å². The van der Waals surface area contributed by atoms with Crippen LogP contribution in [-0.2, 0) is 13.6 Å². The Balaban J connectivity index is 1.42. The van der Waals surface area contributed by atoms with E-state index in [-0.39, 0.29) is 17.5 Å². The molecule has 0 bridgehead atoms. The summed E-state index contributed by atoms with van der Waals surface area (Å²) in [6, 6.07) is 5.11. The van der Waals surface area contributed by atoms with E-state index in [0.717, 1.165) is 31.4 Å². The van der Waals surface area contributed by atoms with E-state index in [1.807, 2.05) is 0 Å². The molecule has 31 heavy (non-hydrogen) atoms. The maximum atomic E-state index is 14.1. The van der Waals surface area contributed by atoms with Crippen molar-refractivity contribution >= 4 is 0 Å². The topological polar surface area (TPSA) is 93.1 Å². The molecule has 0 saturated heterocycles. The number of hydrogen-bond acceptors (Lipinski definition) is 5. The van der Waals surface area contributed by atoms with Gasteiger partial charge >= 0.3 is 11.4 Å². The van der Waals surface area contributed by atoms with Crippen molar-refractivity contribution in [1.82, 2.24) is 25.2 Å². The quantitative estimate of drug-likeness (QED) is 0.332. The van der Waals surface area contributed by atoms with E-state index in [2.05, 4.69) is 29.7 Å². The van der Waals surface area contributed by atoms with Crippen LogP contribution in [0.3, 0.4) is 0 Å². The van der Waals surface area contributed by atoms with Crippen LogP contribution in [0.25, 0.3) is 0 Å². The molecule has 1 aliphatic rings. The fraction of sp³-hybridized carbons (Fsp3) is 0.636. The van der Waals surface area contributed by atoms with E-state index in [9.17, 15) is 14.0 Å². The number of H-pyrrole nitrogens is 1. The van der Waals surface area contributed by atoms with Crippen molar-refractivity contribution in [3.05, 3.63) is 50.5 Å². The number of halogens is 1. The summed E-state index contributed by atoms with van der Waals surface area (Å²) < 4.78 is 22.5. The van der Waals surface area contributed by atoms with Crippen molar-refractivity contribution in [3.8, 4) is 5.75 Å². The fourth-order valence-corrected chi connectivity index (χ4v) is 3.52. The normalized spacial score (nSPS) is 14.9. The van der Waals surface area contributed by atoms with E-state index in [1.54, 1.807) is 19.2 Å². The van der Waals surface area contributed by atoms with E-state index < -0.39 is 5.69 Å². The third kappa shape index (κ3) is 6.54. The first kappa shape index (κ1) is 23.3. The zero-order valence-corrected chi connectivity index (χ0v) is 18.6. The van der Waals surface area contributed by atoms with Gasteiger partial charge in [-0.05, 0) is 55.2 Å². The summed E-state index contributed by atoms with van der Waals surface area (Å²) in [5, 5.41) is 0. The molecule has 2 aromatic rings. The van der Waals surface area contributed by atoms with Gasteiger partial charge in [0, 0.05) is 26.2 Å². The highest BCUT2D eigenvalue weighted by molar-refractivity contribution is 5.32. The van der Waals surface area contributed by atoms with Crippen LogP contribution in [-0.4, -0.2) is 27.5 Å². The molecule has 0 aliphatic heterocycles. The lowest BCUT2D eigenvalue weighted by atomic mass is 9.96. The number of ether oxygens (including phenoxy) is 1. The standard InChI is InChI=1S/C22H34FN5O3/c1-15(2)20(17-9-10-18(23)19(13-17)31-14-16-7-8-16)26-24-11-5-4-6-12-28-22(30)25-21(29)27(28)3/h9-10,13,15-16,20,24,26H,4-8,11-12,14H2,1-3H3,(H,25,29,30). The Labute approximate surface area is 181 Å². The molecule has 1 aromatic heterocycles. The van der Waals surface area contributed by atoms with Crippen molar-refractivity contribution in [3.63, 3.8) is 0 Å². The molecule has 1 fully saturated rings. The van der Waals surface area contributed by atoms with E-state index in [0.29, 0.717) is 30.7 Å². The largest absolute Gasteiger partial charge is 0.490 e. The molecule has 172 valence electrons. The Hall–Kier alpha value is -2.39. The molecular weight excluding hydrogens is 401 g/mol. The smallest absolute Gasteiger partial charge is 0.344 e. The number of nitrogens with zero attached hydrogens (tertiary/aromatic N) is 2. The van der Waals surface area contributed by atoms with Crippen LogP contribution in [0.2, 0.25) is 0 Å². The van der Waals surface area contributed by atoms with Crippen LogP contribution in [0.4, 0.5) is 4.39 Å². The molecule has 3 N–H and O–H groups in total. The Morgan fingerprint density at radius 1 is 1.19 bits per heavy atom. The van der Waals surface area contributed by atoms with E-state index in [4.69, 9.17) is 4.74 Å². The summed E-state index contributed by atoms with van der Waals surface area (Å²) in [6.07, 6.45) is 4.98. The number of aromatic nitrogens is 3. The first-order chi connectivity index (χ1) is 14.9. The van der Waals surface area contributed by atoms with Gasteiger partial charge in [-0.15, -0.1) is 0 Å². The summed E-state index contributed by atoms with van der Waals surface area (Å²) in [5.74, 6) is 0.880. The highest BCUT2D eigenvalue weighted by Crippen LogP contribution is 2.31. The molecular formula is C22H34FN5O3. The predicted molar refractivity (Wildman–Crippen MR) is 117 cm³/mol. The molecule has 3 rings (SSSR count). The summed E-state index contributed by atoms with van der Waals surface area (Å²) >= 11 is 0. The summed E-state index contributed by atoms with van der Waals surface area (Å²) in [6.45, 7) is 6.09. The lowest BCUT2D eigenvalue weighted by molar-refractivity contribution is 0.283. The molecule has 1 saturated carbocycles. The Bertz CT molecular complexity index is 961. The predicted octanol–water partition coefficient (Wildman–Crippen LogP) is 2.46. The van der Waals surface area contributed by atoms with Gasteiger partial charge in [-0.25, -0.2) is 23.3 Å². The van der Waals surface area contributed by atoms with Crippen molar-refractivity contribution in [2.75, 3.05) is 13.2 Å². The number of unbranched alkanes of at least 4 members (excludes halogenated alkanes) is 2. The van der Waals surface area contributed by atoms with Gasteiger partial charge in [-0.3, -0.25) is 15.8 Å². The highest BCUT2D eigenvalue weighted by atomic mass is 19.1. The summed E-state index contributed by atoms with van der Waals surface area (Å²) in [7, 11) is 1.58. The summed E-state index contributed by atoms with van der Waals surface area (Å²) in [4.78, 5) is 25.3. The van der Waals surface area contributed by atoms with Crippen LogP contribution in [0.15, 0.2) is 27.8 Å². The van der Waals surface area contributed by atoms with Gasteiger partial charge in [0.15, 0.2) is 11.6 Å². The fourth-order valence-electron chi connectivity index (χ4n) is 3.52. The van der Waals surface area contributed by atoms with Crippen LogP contribution in [0, 0.1) is 17.7 Å². The minimum atomic E-state index is -0.391. The number of rotatable bonds is 13. The number of benzene rings is 1. The SMILES string of the molecule is CC(C)C(NNCCCCCn1c(=O)[nH]c(=O)n1C)c1ccc(F)c(OCC2CC2)c1. The average molecular weight is 436 g/mol. The molecule has 1 unspecified atom stereocenters. The molecule has 1 aliphatic carbocycles. The minimum absolute atomic E-state index is 0.0248. The molecule has 1 heterocycles. The Morgan fingerprint density at radius 3 is 2.61 bits per heavy atom. The highest BCUT2D eigenvalue weighted by Gasteiger charge is 2.23. The monoisotopic (exact) mass is 435 g/mol. The molecule has 1 aromatic carbocycles. The second-order valence-corrected chi connectivity index (χ2v) is 8.68. The molecule has 8 nitrogen and oxygen atoms in total. The van der Waals surface area contributed by atoms with Crippen molar-refractivity contribution in [1.29, 1.82) is 0 Å². The Kier molecular flexibility index (Phi) is 8.09. The molecule has 0 spiro atoms. The van der Waals surface area contributed by atoms with E-state index in [1.165, 1.54) is 28.3 Å². The second-order valence-electron chi connectivity index (χ2n) is 8.68. The minimum Gasteiger partial charge on any atom is -0.490 e. The first-order valence-corrected chi connectivity index (χ1v) is 11.1. The van der Waals surface area contributed by atoms with Gasteiger partial charge in [0.1, 0.15) is 0 Å². The van der Waals surface area contributed by atoms with Gasteiger partial charge in [0.2, 0.25) is 0 Å². The average Bonchev–Trinajstić information content (AvgIpc) is 3.52. The van der Waals surface area contributed by atoms with Crippen LogP contribution < -0.4 is 27.0 Å². The zero-order valence-electron chi connectivity index (χ0n) is 18.6. The first-order valence-electron chi connectivity index (χ1n) is 11.1. The van der Waals surface area contributed by atoms with Gasteiger partial charge in [-0.1, -0.05) is 26.3 Å². The Morgan fingerprint density at radius 2 is 1.97 bits per heavy atom. The number of hydrazine groups is 1. The summed E-state index contributed by atoms with van der Waals surface area (Å²) in [5.41, 5.74) is 6.86. The van der Waals surface area contributed by atoms with Crippen LogP contribution >= 0.6 is 0 Å². The van der Waals surface area contributed by atoms with Crippen LogP contribution in [0.5, 0.6) is 5.75 Å². The maximum absolute atomic E-state index is 14.1.